The third-order valence-corrected chi connectivity index (χ3v) is 5.34. The fraction of sp³-hybridized carbons (Fsp3) is 0.435. The Labute approximate surface area is 162 Å². The van der Waals surface area contributed by atoms with E-state index in [4.69, 9.17) is 0 Å². The molecule has 2 aromatic carbocycles. The maximum Gasteiger partial charge on any atom is 0.227 e. The lowest BCUT2D eigenvalue weighted by atomic mass is 10.0. The minimum absolute atomic E-state index is 0.186. The fourth-order valence-corrected chi connectivity index (χ4v) is 3.84. The van der Waals surface area contributed by atoms with Crippen molar-refractivity contribution >= 4 is 11.6 Å². The molecule has 1 amide bonds. The number of anilines is 1. The predicted octanol–water partition coefficient (Wildman–Crippen LogP) is 4.23. The molecule has 0 aliphatic carbocycles. The van der Waals surface area contributed by atoms with Crippen molar-refractivity contribution in [1.82, 2.24) is 4.90 Å². The summed E-state index contributed by atoms with van der Waals surface area (Å²) in [6.45, 7) is 5.15. The highest BCUT2D eigenvalue weighted by Gasteiger charge is 2.28. The van der Waals surface area contributed by atoms with Gasteiger partial charge >= 0.3 is 0 Å². The van der Waals surface area contributed by atoms with Crippen LogP contribution in [0.1, 0.15) is 38.2 Å². The van der Waals surface area contributed by atoms with E-state index in [1.54, 1.807) is 12.1 Å². The van der Waals surface area contributed by atoms with Crippen LogP contribution < -0.4 is 4.90 Å². The Morgan fingerprint density at radius 3 is 2.37 bits per heavy atom. The third kappa shape index (κ3) is 5.33. The van der Waals surface area contributed by atoms with Crippen molar-refractivity contribution in [2.24, 2.45) is 0 Å². The zero-order valence-corrected chi connectivity index (χ0v) is 16.2. The molecule has 1 fully saturated rings. The first-order valence-corrected chi connectivity index (χ1v) is 10.0. The molecule has 2 aromatic rings. The first-order valence-electron chi connectivity index (χ1n) is 10.0. The number of amides is 1. The van der Waals surface area contributed by atoms with Crippen molar-refractivity contribution in [2.45, 2.75) is 45.1 Å². The summed E-state index contributed by atoms with van der Waals surface area (Å²) in [6.07, 6.45) is 4.47. The van der Waals surface area contributed by atoms with Crippen LogP contribution in [-0.2, 0) is 11.2 Å². The fourth-order valence-electron chi connectivity index (χ4n) is 3.84. The van der Waals surface area contributed by atoms with E-state index in [0.29, 0.717) is 6.42 Å². The molecule has 0 spiro atoms. The number of likely N-dealkylation sites (tertiary alicyclic amines) is 1. The second-order valence-corrected chi connectivity index (χ2v) is 7.34. The van der Waals surface area contributed by atoms with Gasteiger partial charge in [-0.15, -0.1) is 0 Å². The van der Waals surface area contributed by atoms with Gasteiger partial charge in [0.15, 0.2) is 0 Å². The number of carbonyl (C=O) groups excluding carboxylic acids is 1. The number of nitrogens with zero attached hydrogens (tertiary/aromatic N) is 2. The van der Waals surface area contributed by atoms with Gasteiger partial charge < -0.3 is 14.9 Å². The van der Waals surface area contributed by atoms with Gasteiger partial charge in [0, 0.05) is 37.8 Å². The van der Waals surface area contributed by atoms with Gasteiger partial charge in [0.05, 0.1) is 0 Å². The van der Waals surface area contributed by atoms with Crippen molar-refractivity contribution in [2.75, 3.05) is 24.5 Å². The second kappa shape index (κ2) is 9.56. The van der Waals surface area contributed by atoms with Gasteiger partial charge in [-0.25, -0.2) is 0 Å². The van der Waals surface area contributed by atoms with Crippen LogP contribution in [0.3, 0.4) is 0 Å². The Kier molecular flexibility index (Phi) is 6.88. The maximum absolute atomic E-state index is 12.8. The number of hydrogen-bond acceptors (Lipinski definition) is 3. The molecule has 0 bridgehead atoms. The quantitative estimate of drug-likeness (QED) is 0.797. The number of benzene rings is 2. The molecule has 3 rings (SSSR count). The molecule has 1 aliphatic heterocycles. The van der Waals surface area contributed by atoms with Gasteiger partial charge in [0.25, 0.3) is 0 Å². The molecule has 27 heavy (non-hydrogen) atoms. The van der Waals surface area contributed by atoms with E-state index in [-0.39, 0.29) is 17.7 Å². The Bertz CT molecular complexity index is 707. The Morgan fingerprint density at radius 2 is 1.74 bits per heavy atom. The van der Waals surface area contributed by atoms with Crippen LogP contribution >= 0.6 is 0 Å². The summed E-state index contributed by atoms with van der Waals surface area (Å²) in [4.78, 5) is 17.2. The number of carbonyl (C=O) groups is 1. The zero-order chi connectivity index (χ0) is 19.1. The summed E-state index contributed by atoms with van der Waals surface area (Å²) in [5.74, 6) is 0.420. The second-order valence-electron chi connectivity index (χ2n) is 7.34. The molecule has 0 atom stereocenters. The standard InChI is InChI=1S/C23H30N2O2/c1-2-6-23(27)25(20-9-11-22(26)12-10-20)21-14-17-24(18-15-21)16-13-19-7-4-3-5-8-19/h3-5,7-12,21,26H,2,6,13-18H2,1H3. The Balaban J connectivity index is 1.60. The average molecular weight is 367 g/mol. The summed E-state index contributed by atoms with van der Waals surface area (Å²) in [7, 11) is 0. The smallest absolute Gasteiger partial charge is 0.227 e. The van der Waals surface area contributed by atoms with Crippen LogP contribution in [0.4, 0.5) is 5.69 Å². The van der Waals surface area contributed by atoms with Crippen LogP contribution in [0.15, 0.2) is 54.6 Å². The molecule has 0 saturated carbocycles. The normalized spacial score (nSPS) is 15.6. The summed E-state index contributed by atoms with van der Waals surface area (Å²) < 4.78 is 0. The highest BCUT2D eigenvalue weighted by Crippen LogP contribution is 2.26. The number of hydrogen-bond donors (Lipinski definition) is 1. The van der Waals surface area contributed by atoms with E-state index in [0.717, 1.165) is 51.0 Å². The molecule has 4 heteroatoms. The molecule has 144 valence electrons. The molecule has 1 aliphatic rings. The summed E-state index contributed by atoms with van der Waals surface area (Å²) in [5.41, 5.74) is 2.28. The van der Waals surface area contributed by atoms with Crippen molar-refractivity contribution in [3.05, 3.63) is 60.2 Å². The van der Waals surface area contributed by atoms with Crippen molar-refractivity contribution in [3.8, 4) is 5.75 Å². The molecule has 1 saturated heterocycles. The van der Waals surface area contributed by atoms with Crippen LogP contribution in [0.25, 0.3) is 0 Å². The highest BCUT2D eigenvalue weighted by atomic mass is 16.3. The monoisotopic (exact) mass is 366 g/mol. The zero-order valence-electron chi connectivity index (χ0n) is 16.2. The summed E-state index contributed by atoms with van der Waals surface area (Å²) in [6, 6.07) is 17.9. The van der Waals surface area contributed by atoms with E-state index >= 15 is 0 Å². The topological polar surface area (TPSA) is 43.8 Å². The lowest BCUT2D eigenvalue weighted by Gasteiger charge is -2.38. The lowest BCUT2D eigenvalue weighted by molar-refractivity contribution is -0.119. The number of piperidine rings is 1. The van der Waals surface area contributed by atoms with Crippen LogP contribution in [0.2, 0.25) is 0 Å². The van der Waals surface area contributed by atoms with E-state index in [2.05, 4.69) is 35.2 Å². The first-order chi connectivity index (χ1) is 13.2. The van der Waals surface area contributed by atoms with Crippen molar-refractivity contribution in [1.29, 1.82) is 0 Å². The van der Waals surface area contributed by atoms with Gasteiger partial charge in [0.2, 0.25) is 5.91 Å². The summed E-state index contributed by atoms with van der Waals surface area (Å²) in [5, 5.41) is 9.57. The number of rotatable bonds is 7. The SMILES string of the molecule is CCCC(=O)N(c1ccc(O)cc1)C1CCN(CCc2ccccc2)CC1. The van der Waals surface area contributed by atoms with E-state index < -0.39 is 0 Å². The van der Waals surface area contributed by atoms with Gasteiger partial charge in [0.1, 0.15) is 5.75 Å². The van der Waals surface area contributed by atoms with Crippen LogP contribution in [-0.4, -0.2) is 41.6 Å². The average Bonchev–Trinajstić information content (AvgIpc) is 2.70. The van der Waals surface area contributed by atoms with E-state index in [1.807, 2.05) is 24.0 Å². The first kappa shape index (κ1) is 19.4. The Morgan fingerprint density at radius 1 is 1.07 bits per heavy atom. The lowest BCUT2D eigenvalue weighted by Crippen LogP contribution is -2.48. The number of aromatic hydroxyl groups is 1. The Hall–Kier alpha value is -2.33. The summed E-state index contributed by atoms with van der Waals surface area (Å²) >= 11 is 0. The van der Waals surface area contributed by atoms with Crippen molar-refractivity contribution in [3.63, 3.8) is 0 Å². The molecule has 1 N–H and O–H groups in total. The number of phenols is 1. The maximum atomic E-state index is 12.8. The van der Waals surface area contributed by atoms with E-state index in [9.17, 15) is 9.90 Å². The van der Waals surface area contributed by atoms with Gasteiger partial charge in [-0.3, -0.25) is 4.79 Å². The molecule has 0 radical (unpaired) electrons. The highest BCUT2D eigenvalue weighted by molar-refractivity contribution is 5.94. The molecular formula is C23H30N2O2. The minimum Gasteiger partial charge on any atom is -0.508 e. The van der Waals surface area contributed by atoms with E-state index in [1.165, 1.54) is 5.56 Å². The molecule has 0 aromatic heterocycles. The predicted molar refractivity (Wildman–Crippen MR) is 110 cm³/mol. The van der Waals surface area contributed by atoms with Crippen LogP contribution in [0.5, 0.6) is 5.75 Å². The number of phenolic OH excluding ortho intramolecular Hbond substituents is 1. The van der Waals surface area contributed by atoms with Gasteiger partial charge in [-0.1, -0.05) is 37.3 Å². The van der Waals surface area contributed by atoms with Crippen LogP contribution in [0, 0.1) is 0 Å². The largest absolute Gasteiger partial charge is 0.508 e. The molecular weight excluding hydrogens is 336 g/mol. The third-order valence-electron chi connectivity index (χ3n) is 5.34. The molecule has 0 unspecified atom stereocenters. The molecule has 1 heterocycles. The minimum atomic E-state index is 0.186. The van der Waals surface area contributed by atoms with Gasteiger partial charge in [-0.2, -0.15) is 0 Å². The molecule has 4 nitrogen and oxygen atoms in total. The van der Waals surface area contributed by atoms with Crippen molar-refractivity contribution < 1.29 is 9.90 Å². The van der Waals surface area contributed by atoms with Gasteiger partial charge in [-0.05, 0) is 55.5 Å².